The molecule has 2 aromatic carbocycles. The maximum atomic E-state index is 13.8. The fraction of sp³-hybridized carbons (Fsp3) is 0.222. The first-order chi connectivity index (χ1) is 12.1. The molecular weight excluding hydrogens is 344 g/mol. The molecule has 7 heteroatoms. The number of carbonyl (C=O) groups excluding carboxylic acids is 1. The van der Waals surface area contributed by atoms with Gasteiger partial charge < -0.3 is 10.2 Å². The maximum absolute atomic E-state index is 13.8. The van der Waals surface area contributed by atoms with Gasteiger partial charge in [0.15, 0.2) is 11.6 Å². The van der Waals surface area contributed by atoms with Gasteiger partial charge in [-0.15, -0.1) is 11.3 Å². The number of fused-ring (bicyclic) bond motifs is 1. The van der Waals surface area contributed by atoms with E-state index in [2.05, 4.69) is 10.3 Å². The summed E-state index contributed by atoms with van der Waals surface area (Å²) in [5.41, 5.74) is 0.755. The van der Waals surface area contributed by atoms with E-state index < -0.39 is 17.7 Å². The van der Waals surface area contributed by atoms with Gasteiger partial charge in [-0.2, -0.15) is 0 Å². The number of nitrogens with zero attached hydrogens (tertiary/aromatic N) is 2. The number of halogens is 2. The van der Waals surface area contributed by atoms with Gasteiger partial charge in [0.25, 0.3) is 0 Å². The number of thiazole rings is 1. The molecular formula is C18H15F2N3OS. The standard InChI is InChI=1S/C18H15F2N3OS/c19-11-5-3-7-13(16(11)20)22-18(24)23-10-4-8-14(23)17-21-12-6-1-2-9-15(12)25-17/h1-3,5-7,9,14H,4,8,10H2,(H,22,24). The van der Waals surface area contributed by atoms with Crippen LogP contribution in [0.4, 0.5) is 19.3 Å². The molecule has 1 unspecified atom stereocenters. The van der Waals surface area contributed by atoms with E-state index in [-0.39, 0.29) is 11.7 Å². The van der Waals surface area contributed by atoms with Gasteiger partial charge in [-0.1, -0.05) is 18.2 Å². The van der Waals surface area contributed by atoms with E-state index in [1.54, 1.807) is 16.2 Å². The van der Waals surface area contributed by atoms with Crippen LogP contribution in [0.25, 0.3) is 10.2 Å². The quantitative estimate of drug-likeness (QED) is 0.704. The second-order valence-corrected chi connectivity index (χ2v) is 6.97. The molecule has 0 aliphatic carbocycles. The highest BCUT2D eigenvalue weighted by Gasteiger charge is 2.32. The van der Waals surface area contributed by atoms with Crippen LogP contribution in [0.15, 0.2) is 42.5 Å². The summed E-state index contributed by atoms with van der Waals surface area (Å²) < 4.78 is 28.2. The largest absolute Gasteiger partial charge is 0.322 e. The van der Waals surface area contributed by atoms with Gasteiger partial charge >= 0.3 is 6.03 Å². The highest BCUT2D eigenvalue weighted by Crippen LogP contribution is 2.36. The molecule has 0 saturated carbocycles. The zero-order valence-corrected chi connectivity index (χ0v) is 14.0. The summed E-state index contributed by atoms with van der Waals surface area (Å²) in [6, 6.07) is 11.0. The Labute approximate surface area is 147 Å². The van der Waals surface area contributed by atoms with Gasteiger partial charge in [0.05, 0.1) is 21.9 Å². The third kappa shape index (κ3) is 2.95. The molecule has 4 rings (SSSR count). The Bertz CT molecular complexity index is 910. The topological polar surface area (TPSA) is 45.2 Å². The fourth-order valence-corrected chi connectivity index (χ4v) is 4.20. The molecule has 3 aromatic rings. The number of rotatable bonds is 2. The minimum Gasteiger partial charge on any atom is -0.315 e. The minimum atomic E-state index is -1.05. The van der Waals surface area contributed by atoms with Crippen LogP contribution < -0.4 is 5.32 Å². The zero-order valence-electron chi connectivity index (χ0n) is 13.2. The number of urea groups is 1. The minimum absolute atomic E-state index is 0.144. The molecule has 0 spiro atoms. The van der Waals surface area contributed by atoms with Gasteiger partial charge in [-0.05, 0) is 37.1 Å². The molecule has 4 nitrogen and oxygen atoms in total. The van der Waals surface area contributed by atoms with Crippen LogP contribution in [-0.4, -0.2) is 22.5 Å². The first-order valence-electron chi connectivity index (χ1n) is 8.00. The van der Waals surface area contributed by atoms with Crippen molar-refractivity contribution in [3.63, 3.8) is 0 Å². The molecule has 1 fully saturated rings. The van der Waals surface area contributed by atoms with Crippen molar-refractivity contribution in [1.82, 2.24) is 9.88 Å². The van der Waals surface area contributed by atoms with Gasteiger partial charge in [-0.3, -0.25) is 0 Å². The average Bonchev–Trinajstić information content (AvgIpc) is 3.25. The van der Waals surface area contributed by atoms with E-state index in [4.69, 9.17) is 0 Å². The molecule has 1 aromatic heterocycles. The van der Waals surface area contributed by atoms with Crippen LogP contribution in [0, 0.1) is 11.6 Å². The van der Waals surface area contributed by atoms with Gasteiger partial charge in [-0.25, -0.2) is 18.6 Å². The Morgan fingerprint density at radius 3 is 2.88 bits per heavy atom. The number of aromatic nitrogens is 1. The van der Waals surface area contributed by atoms with Gasteiger partial charge in [0.2, 0.25) is 0 Å². The number of anilines is 1. The van der Waals surface area contributed by atoms with E-state index in [1.165, 1.54) is 12.1 Å². The van der Waals surface area contributed by atoms with Crippen LogP contribution in [0.3, 0.4) is 0 Å². The summed E-state index contributed by atoms with van der Waals surface area (Å²) in [7, 11) is 0. The number of hydrogen-bond donors (Lipinski definition) is 1. The average molecular weight is 359 g/mol. The number of hydrogen-bond acceptors (Lipinski definition) is 3. The molecule has 128 valence electrons. The van der Waals surface area contributed by atoms with Crippen molar-refractivity contribution in [2.75, 3.05) is 11.9 Å². The number of likely N-dealkylation sites (tertiary alicyclic amines) is 1. The van der Waals surface area contributed by atoms with Crippen LogP contribution in [0.1, 0.15) is 23.9 Å². The van der Waals surface area contributed by atoms with Crippen molar-refractivity contribution in [3.05, 3.63) is 59.1 Å². The Balaban J connectivity index is 1.58. The van der Waals surface area contributed by atoms with Crippen molar-refractivity contribution < 1.29 is 13.6 Å². The molecule has 1 aliphatic rings. The molecule has 25 heavy (non-hydrogen) atoms. The van der Waals surface area contributed by atoms with E-state index in [0.29, 0.717) is 6.54 Å². The van der Waals surface area contributed by atoms with Crippen molar-refractivity contribution in [2.24, 2.45) is 0 Å². The lowest BCUT2D eigenvalue weighted by Crippen LogP contribution is -2.34. The fourth-order valence-electron chi connectivity index (χ4n) is 3.09. The summed E-state index contributed by atoms with van der Waals surface area (Å²) in [5.74, 6) is -2.03. The first-order valence-corrected chi connectivity index (χ1v) is 8.82. The number of carbonyl (C=O) groups is 1. The maximum Gasteiger partial charge on any atom is 0.322 e. The third-order valence-electron chi connectivity index (χ3n) is 4.30. The highest BCUT2D eigenvalue weighted by molar-refractivity contribution is 7.18. The van der Waals surface area contributed by atoms with Crippen LogP contribution in [0.5, 0.6) is 0 Å². The van der Waals surface area contributed by atoms with Crippen molar-refractivity contribution >= 4 is 33.3 Å². The molecule has 0 bridgehead atoms. The molecule has 2 heterocycles. The second kappa shape index (κ2) is 6.40. The van der Waals surface area contributed by atoms with Crippen molar-refractivity contribution in [1.29, 1.82) is 0 Å². The molecule has 1 N–H and O–H groups in total. The molecule has 1 saturated heterocycles. The molecule has 2 amide bonds. The molecule has 0 radical (unpaired) electrons. The smallest absolute Gasteiger partial charge is 0.315 e. The Kier molecular flexibility index (Phi) is 4.09. The Morgan fingerprint density at radius 1 is 1.20 bits per heavy atom. The summed E-state index contributed by atoms with van der Waals surface area (Å²) in [4.78, 5) is 18.8. The van der Waals surface area contributed by atoms with Gasteiger partial charge in [0.1, 0.15) is 5.01 Å². The Morgan fingerprint density at radius 2 is 2.04 bits per heavy atom. The summed E-state index contributed by atoms with van der Waals surface area (Å²) in [5, 5.41) is 3.34. The normalized spacial score (nSPS) is 17.2. The molecule has 1 aliphatic heterocycles. The monoisotopic (exact) mass is 359 g/mol. The van der Waals surface area contributed by atoms with E-state index in [0.717, 1.165) is 34.1 Å². The lowest BCUT2D eigenvalue weighted by Gasteiger charge is -2.23. The number of amides is 2. The van der Waals surface area contributed by atoms with Crippen molar-refractivity contribution in [2.45, 2.75) is 18.9 Å². The predicted octanol–water partition coefficient (Wildman–Crippen LogP) is 4.94. The van der Waals surface area contributed by atoms with E-state index >= 15 is 0 Å². The SMILES string of the molecule is O=C(Nc1cccc(F)c1F)N1CCCC1c1nc2ccccc2s1. The first kappa shape index (κ1) is 16.0. The lowest BCUT2D eigenvalue weighted by molar-refractivity contribution is 0.207. The summed E-state index contributed by atoms with van der Waals surface area (Å²) >= 11 is 1.56. The summed E-state index contributed by atoms with van der Waals surface area (Å²) in [6.45, 7) is 0.559. The predicted molar refractivity (Wildman–Crippen MR) is 93.7 cm³/mol. The Hall–Kier alpha value is -2.54. The summed E-state index contributed by atoms with van der Waals surface area (Å²) in [6.07, 6.45) is 1.65. The van der Waals surface area contributed by atoms with Crippen molar-refractivity contribution in [3.8, 4) is 0 Å². The van der Waals surface area contributed by atoms with Crippen LogP contribution in [0.2, 0.25) is 0 Å². The van der Waals surface area contributed by atoms with E-state index in [1.807, 2.05) is 24.3 Å². The van der Waals surface area contributed by atoms with Crippen LogP contribution >= 0.6 is 11.3 Å². The number of nitrogens with one attached hydrogen (secondary N) is 1. The van der Waals surface area contributed by atoms with Gasteiger partial charge in [0, 0.05) is 6.54 Å². The van der Waals surface area contributed by atoms with Crippen LogP contribution in [-0.2, 0) is 0 Å². The second-order valence-electron chi connectivity index (χ2n) is 5.90. The molecule has 1 atom stereocenters. The third-order valence-corrected chi connectivity index (χ3v) is 5.44. The lowest BCUT2D eigenvalue weighted by atomic mass is 10.2. The zero-order chi connectivity index (χ0) is 17.4. The highest BCUT2D eigenvalue weighted by atomic mass is 32.1. The number of para-hydroxylation sites is 1. The number of benzene rings is 2. The van der Waals surface area contributed by atoms with E-state index in [9.17, 15) is 13.6 Å².